The molecule has 1 amide bonds. The van der Waals surface area contributed by atoms with Crippen molar-refractivity contribution in [3.8, 4) is 0 Å². The van der Waals surface area contributed by atoms with E-state index >= 15 is 0 Å². The summed E-state index contributed by atoms with van der Waals surface area (Å²) in [5, 5.41) is 6.16. The highest BCUT2D eigenvalue weighted by atomic mass is 16.5. The van der Waals surface area contributed by atoms with E-state index < -0.39 is 0 Å². The third kappa shape index (κ3) is 4.61. The molecule has 0 saturated carbocycles. The van der Waals surface area contributed by atoms with E-state index in [0.29, 0.717) is 25.6 Å². The van der Waals surface area contributed by atoms with Crippen LogP contribution >= 0.6 is 0 Å². The zero-order chi connectivity index (χ0) is 12.9. The van der Waals surface area contributed by atoms with Crippen LogP contribution in [-0.2, 0) is 9.53 Å². The molecule has 5 heteroatoms. The average Bonchev–Trinajstić information content (AvgIpc) is 2.29. The van der Waals surface area contributed by atoms with Gasteiger partial charge < -0.3 is 21.1 Å². The quantitative estimate of drug-likeness (QED) is 0.628. The largest absolute Gasteiger partial charge is 0.366 e. The fourth-order valence-corrected chi connectivity index (χ4v) is 2.20. The second kappa shape index (κ2) is 6.33. The molecule has 0 aromatic carbocycles. The van der Waals surface area contributed by atoms with Gasteiger partial charge in [-0.1, -0.05) is 13.8 Å². The number of carbonyl (C=O) groups excluding carboxylic acids is 1. The molecule has 0 radical (unpaired) electrons. The number of amides is 1. The molecule has 2 unspecified atom stereocenters. The first-order valence-electron chi connectivity index (χ1n) is 6.31. The van der Waals surface area contributed by atoms with Gasteiger partial charge in [-0.25, -0.2) is 0 Å². The first-order chi connectivity index (χ1) is 7.97. The Balaban J connectivity index is 2.51. The van der Waals surface area contributed by atoms with E-state index in [-0.39, 0.29) is 17.6 Å². The van der Waals surface area contributed by atoms with Crippen LogP contribution in [0.5, 0.6) is 0 Å². The normalized spacial score (nSPS) is 24.4. The molecule has 1 fully saturated rings. The van der Waals surface area contributed by atoms with E-state index in [1.54, 1.807) is 0 Å². The number of rotatable bonds is 5. The maximum Gasteiger partial charge on any atom is 0.250 e. The Kier molecular flexibility index (Phi) is 5.36. The van der Waals surface area contributed by atoms with Crippen LogP contribution in [0.25, 0.3) is 0 Å². The van der Waals surface area contributed by atoms with E-state index in [2.05, 4.69) is 24.5 Å². The molecular weight excluding hydrogens is 218 g/mol. The average molecular weight is 243 g/mol. The van der Waals surface area contributed by atoms with Crippen LogP contribution in [0.3, 0.4) is 0 Å². The third-order valence-electron chi connectivity index (χ3n) is 2.95. The van der Waals surface area contributed by atoms with Crippen molar-refractivity contribution >= 4 is 5.91 Å². The van der Waals surface area contributed by atoms with Gasteiger partial charge in [0.05, 0.1) is 6.61 Å². The van der Waals surface area contributed by atoms with E-state index in [1.165, 1.54) is 0 Å². The number of carbonyl (C=O) groups is 1. The summed E-state index contributed by atoms with van der Waals surface area (Å²) in [6, 6.07) is 0. The van der Waals surface area contributed by atoms with Gasteiger partial charge in [0.25, 0.3) is 5.91 Å². The summed E-state index contributed by atoms with van der Waals surface area (Å²) in [6.45, 7) is 8.65. The lowest BCUT2D eigenvalue weighted by atomic mass is 9.90. The lowest BCUT2D eigenvalue weighted by Gasteiger charge is -2.33. The zero-order valence-electron chi connectivity index (χ0n) is 11.1. The van der Waals surface area contributed by atoms with Crippen molar-refractivity contribution in [3.05, 3.63) is 0 Å². The predicted octanol–water partition coefficient (Wildman–Crippen LogP) is -0.145. The lowest BCUT2D eigenvalue weighted by molar-refractivity contribution is -0.136. The van der Waals surface area contributed by atoms with Crippen LogP contribution in [0.2, 0.25) is 0 Å². The molecule has 2 atom stereocenters. The Morgan fingerprint density at radius 1 is 1.65 bits per heavy atom. The second-order valence-corrected chi connectivity index (χ2v) is 5.42. The fourth-order valence-electron chi connectivity index (χ4n) is 2.20. The molecule has 1 rings (SSSR count). The van der Waals surface area contributed by atoms with Gasteiger partial charge in [-0.3, -0.25) is 4.79 Å². The van der Waals surface area contributed by atoms with Crippen LogP contribution in [0.1, 0.15) is 27.2 Å². The summed E-state index contributed by atoms with van der Waals surface area (Å²) in [4.78, 5) is 12.0. The van der Waals surface area contributed by atoms with Crippen molar-refractivity contribution in [2.45, 2.75) is 38.8 Å². The molecule has 0 aromatic rings. The summed E-state index contributed by atoms with van der Waals surface area (Å²) < 4.78 is 5.42. The van der Waals surface area contributed by atoms with Gasteiger partial charge in [0.15, 0.2) is 0 Å². The number of nitrogens with one attached hydrogen (secondary N) is 2. The number of morpholine rings is 1. The Labute approximate surface area is 103 Å². The molecule has 1 heterocycles. The standard InChI is InChI=1S/C12H25N3O2/c1-9(2)6-12(3,8-13)15-11(16)10-7-14-4-5-17-10/h9-10,14H,4-8,13H2,1-3H3,(H,15,16). The van der Waals surface area contributed by atoms with Crippen molar-refractivity contribution in [1.29, 1.82) is 0 Å². The molecule has 0 aliphatic carbocycles. The molecule has 5 nitrogen and oxygen atoms in total. The van der Waals surface area contributed by atoms with Crippen molar-refractivity contribution in [3.63, 3.8) is 0 Å². The minimum atomic E-state index is -0.387. The Morgan fingerprint density at radius 3 is 2.82 bits per heavy atom. The predicted molar refractivity (Wildman–Crippen MR) is 67.7 cm³/mol. The van der Waals surface area contributed by atoms with E-state index in [1.807, 2.05) is 6.92 Å². The number of hydrogen-bond donors (Lipinski definition) is 3. The van der Waals surface area contributed by atoms with Crippen molar-refractivity contribution in [2.24, 2.45) is 11.7 Å². The summed E-state index contributed by atoms with van der Waals surface area (Å²) in [5.41, 5.74) is 5.42. The maximum atomic E-state index is 12.0. The zero-order valence-corrected chi connectivity index (χ0v) is 11.1. The molecule has 0 spiro atoms. The molecule has 17 heavy (non-hydrogen) atoms. The molecule has 100 valence electrons. The highest BCUT2D eigenvalue weighted by molar-refractivity contribution is 5.81. The van der Waals surface area contributed by atoms with Gasteiger partial charge in [-0.05, 0) is 19.3 Å². The Morgan fingerprint density at radius 2 is 2.35 bits per heavy atom. The highest BCUT2D eigenvalue weighted by Crippen LogP contribution is 2.15. The topological polar surface area (TPSA) is 76.4 Å². The van der Waals surface area contributed by atoms with Crippen LogP contribution < -0.4 is 16.4 Å². The minimum absolute atomic E-state index is 0.0641. The first kappa shape index (κ1) is 14.4. The minimum Gasteiger partial charge on any atom is -0.366 e. The van der Waals surface area contributed by atoms with Gasteiger partial charge in [0.2, 0.25) is 0 Å². The van der Waals surface area contributed by atoms with Crippen LogP contribution in [-0.4, -0.2) is 43.8 Å². The van der Waals surface area contributed by atoms with Gasteiger partial charge in [0.1, 0.15) is 6.10 Å². The van der Waals surface area contributed by atoms with Gasteiger partial charge in [-0.2, -0.15) is 0 Å². The summed E-state index contributed by atoms with van der Waals surface area (Å²) >= 11 is 0. The van der Waals surface area contributed by atoms with Crippen LogP contribution in [0.15, 0.2) is 0 Å². The molecule has 1 aliphatic rings. The summed E-state index contributed by atoms with van der Waals surface area (Å²) in [7, 11) is 0. The van der Waals surface area contributed by atoms with E-state index in [0.717, 1.165) is 13.0 Å². The lowest BCUT2D eigenvalue weighted by Crippen LogP contribution is -2.57. The summed E-state index contributed by atoms with van der Waals surface area (Å²) in [6.07, 6.45) is 0.483. The van der Waals surface area contributed by atoms with E-state index in [4.69, 9.17) is 10.5 Å². The Hall–Kier alpha value is -0.650. The monoisotopic (exact) mass is 243 g/mol. The van der Waals surface area contributed by atoms with Gasteiger partial charge in [0, 0.05) is 25.2 Å². The van der Waals surface area contributed by atoms with Gasteiger partial charge >= 0.3 is 0 Å². The molecule has 1 saturated heterocycles. The fraction of sp³-hybridized carbons (Fsp3) is 0.917. The van der Waals surface area contributed by atoms with Gasteiger partial charge in [-0.15, -0.1) is 0 Å². The van der Waals surface area contributed by atoms with E-state index in [9.17, 15) is 4.79 Å². The molecule has 4 N–H and O–H groups in total. The van der Waals surface area contributed by atoms with Crippen molar-refractivity contribution < 1.29 is 9.53 Å². The molecule has 0 aromatic heterocycles. The smallest absolute Gasteiger partial charge is 0.250 e. The molecule has 1 aliphatic heterocycles. The van der Waals surface area contributed by atoms with Crippen molar-refractivity contribution in [2.75, 3.05) is 26.2 Å². The number of ether oxygens (including phenoxy) is 1. The number of hydrogen-bond acceptors (Lipinski definition) is 4. The second-order valence-electron chi connectivity index (χ2n) is 5.42. The highest BCUT2D eigenvalue weighted by Gasteiger charge is 2.30. The SMILES string of the molecule is CC(C)CC(C)(CN)NC(=O)C1CNCCO1. The number of nitrogens with two attached hydrogens (primary N) is 1. The third-order valence-corrected chi connectivity index (χ3v) is 2.95. The molecule has 0 bridgehead atoms. The Bertz CT molecular complexity index is 252. The van der Waals surface area contributed by atoms with Crippen LogP contribution in [0.4, 0.5) is 0 Å². The first-order valence-corrected chi connectivity index (χ1v) is 6.31. The maximum absolute atomic E-state index is 12.0. The summed E-state index contributed by atoms with van der Waals surface area (Å²) in [5.74, 6) is 0.431. The molecular formula is C12H25N3O2. The van der Waals surface area contributed by atoms with Crippen LogP contribution in [0, 0.1) is 5.92 Å². The van der Waals surface area contributed by atoms with Crippen molar-refractivity contribution in [1.82, 2.24) is 10.6 Å².